The average Bonchev–Trinajstić information content (AvgIpc) is 3.38. The minimum absolute atomic E-state index is 0.0192. The van der Waals surface area contributed by atoms with Crippen LogP contribution >= 0.6 is 0 Å². The van der Waals surface area contributed by atoms with Crippen molar-refractivity contribution in [2.45, 2.75) is 54.8 Å². The van der Waals surface area contributed by atoms with Gasteiger partial charge in [-0.05, 0) is 42.2 Å². The number of rotatable bonds is 3. The molecule has 1 amide bonds. The van der Waals surface area contributed by atoms with Gasteiger partial charge in [0.05, 0.1) is 18.9 Å². The summed E-state index contributed by atoms with van der Waals surface area (Å²) >= 11 is 0. The minimum atomic E-state index is -4.15. The number of nitrogens with one attached hydrogen (secondary N) is 1. The Morgan fingerprint density at radius 2 is 1.85 bits per heavy atom. The van der Waals surface area contributed by atoms with Crippen LogP contribution in [-0.4, -0.2) is 77.5 Å². The molecule has 0 saturated carbocycles. The van der Waals surface area contributed by atoms with Gasteiger partial charge in [0.15, 0.2) is 0 Å². The SMILES string of the molecule is O=C1NC2(CCOc3cc(-c4ccccc4)ccc3S(=O)(=O)N3C[C@H](O)C[C@@H]13)CCN(Cc1ccncc1F)CC2. The van der Waals surface area contributed by atoms with E-state index in [2.05, 4.69) is 15.2 Å². The first-order valence-electron chi connectivity index (χ1n) is 13.9. The monoisotopic (exact) mass is 580 g/mol. The van der Waals surface area contributed by atoms with Crippen LogP contribution in [0.1, 0.15) is 31.2 Å². The number of hydrogen-bond acceptors (Lipinski definition) is 7. The van der Waals surface area contributed by atoms with Crippen LogP contribution in [0.4, 0.5) is 4.39 Å². The number of benzene rings is 2. The highest BCUT2D eigenvalue weighted by atomic mass is 32.2. The van der Waals surface area contributed by atoms with E-state index >= 15 is 0 Å². The van der Waals surface area contributed by atoms with Crippen LogP contribution in [0.5, 0.6) is 5.75 Å². The Bertz CT molecular complexity index is 1530. The van der Waals surface area contributed by atoms with Crippen LogP contribution in [0, 0.1) is 5.82 Å². The number of aliphatic hydroxyl groups is 1. The zero-order valence-electron chi connectivity index (χ0n) is 22.6. The van der Waals surface area contributed by atoms with E-state index in [9.17, 15) is 22.7 Å². The summed E-state index contributed by atoms with van der Waals surface area (Å²) in [6.45, 7) is 1.70. The number of ether oxygens (including phenoxy) is 1. The Hall–Kier alpha value is -3.38. The van der Waals surface area contributed by atoms with Crippen LogP contribution in [-0.2, 0) is 21.4 Å². The smallest absolute Gasteiger partial charge is 0.247 e. The number of carbonyl (C=O) groups excluding carboxylic acids is 1. The van der Waals surface area contributed by atoms with Crippen molar-refractivity contribution >= 4 is 15.9 Å². The van der Waals surface area contributed by atoms with Crippen molar-refractivity contribution in [3.63, 3.8) is 0 Å². The van der Waals surface area contributed by atoms with Crippen LogP contribution < -0.4 is 10.1 Å². The first-order valence-corrected chi connectivity index (χ1v) is 15.3. The van der Waals surface area contributed by atoms with Crippen LogP contribution in [0.15, 0.2) is 71.9 Å². The molecule has 216 valence electrons. The van der Waals surface area contributed by atoms with Gasteiger partial charge in [0.25, 0.3) is 0 Å². The van der Waals surface area contributed by atoms with E-state index in [1.165, 1.54) is 12.3 Å². The zero-order chi connectivity index (χ0) is 28.6. The predicted octanol–water partition coefficient (Wildman–Crippen LogP) is 2.95. The second-order valence-corrected chi connectivity index (χ2v) is 13.0. The Labute approximate surface area is 239 Å². The average molecular weight is 581 g/mol. The summed E-state index contributed by atoms with van der Waals surface area (Å²) in [6.07, 6.45) is 3.50. The lowest BCUT2D eigenvalue weighted by Crippen LogP contribution is -2.59. The van der Waals surface area contributed by atoms with Crippen molar-refractivity contribution < 1.29 is 27.4 Å². The van der Waals surface area contributed by atoms with Crippen molar-refractivity contribution in [1.82, 2.24) is 19.5 Å². The molecule has 2 N–H and O–H groups in total. The standard InChI is InChI=1S/C30H33FN4O5S/c31-25-18-32-12-8-23(25)19-34-13-9-30(10-14-34)11-15-40-27-16-22(21-4-2-1-3-5-21)6-7-28(27)41(38,39)35-20-24(36)17-26(35)29(37)33-30/h1-8,12,16,18,24,26,36H,9-11,13-15,17,19-20H2,(H,33,37)/t24-,26+/m1/s1. The molecular formula is C30H33FN4O5S. The fourth-order valence-electron chi connectivity index (χ4n) is 6.11. The second-order valence-electron chi connectivity index (χ2n) is 11.1. The third-order valence-corrected chi connectivity index (χ3v) is 10.4. The van der Waals surface area contributed by atoms with Crippen molar-refractivity contribution in [3.05, 3.63) is 78.4 Å². The fourth-order valence-corrected chi connectivity index (χ4v) is 7.86. The number of halogens is 1. The second kappa shape index (κ2) is 11.1. The highest BCUT2D eigenvalue weighted by molar-refractivity contribution is 7.89. The van der Waals surface area contributed by atoms with Gasteiger partial charge < -0.3 is 15.2 Å². The topological polar surface area (TPSA) is 112 Å². The highest BCUT2D eigenvalue weighted by Gasteiger charge is 2.47. The maximum atomic E-state index is 14.2. The number of piperidine rings is 1. The Kier molecular flexibility index (Phi) is 7.54. The van der Waals surface area contributed by atoms with E-state index in [1.807, 2.05) is 30.3 Å². The van der Waals surface area contributed by atoms with Crippen molar-refractivity contribution in [3.8, 4) is 16.9 Å². The molecule has 9 nitrogen and oxygen atoms in total. The van der Waals surface area contributed by atoms with Crippen LogP contribution in [0.3, 0.4) is 0 Å². The molecular weight excluding hydrogens is 547 g/mol. The lowest BCUT2D eigenvalue weighted by molar-refractivity contribution is -0.127. The fraction of sp³-hybridized carbons (Fsp3) is 0.400. The molecule has 3 aliphatic heterocycles. The van der Waals surface area contributed by atoms with E-state index < -0.39 is 33.6 Å². The maximum absolute atomic E-state index is 14.2. The summed E-state index contributed by atoms with van der Waals surface area (Å²) in [4.78, 5) is 19.6. The molecule has 2 saturated heterocycles. The molecule has 1 aromatic heterocycles. The van der Waals surface area contributed by atoms with Gasteiger partial charge in [-0.25, -0.2) is 12.8 Å². The lowest BCUT2D eigenvalue weighted by Gasteiger charge is -2.43. The normalized spacial score (nSPS) is 24.5. The molecule has 1 spiro atoms. The molecule has 4 heterocycles. The third kappa shape index (κ3) is 5.59. The Morgan fingerprint density at radius 3 is 2.61 bits per heavy atom. The number of amides is 1. The lowest BCUT2D eigenvalue weighted by atomic mass is 9.84. The summed E-state index contributed by atoms with van der Waals surface area (Å²) in [5, 5.41) is 13.6. The first-order chi connectivity index (χ1) is 19.7. The highest BCUT2D eigenvalue weighted by Crippen LogP contribution is 2.37. The van der Waals surface area contributed by atoms with Crippen molar-refractivity contribution in [2.24, 2.45) is 0 Å². The van der Waals surface area contributed by atoms with E-state index in [4.69, 9.17) is 4.74 Å². The largest absolute Gasteiger partial charge is 0.492 e. The van der Waals surface area contributed by atoms with Gasteiger partial charge in [0.2, 0.25) is 15.9 Å². The van der Waals surface area contributed by atoms with Crippen molar-refractivity contribution in [2.75, 3.05) is 26.2 Å². The minimum Gasteiger partial charge on any atom is -0.492 e. The van der Waals surface area contributed by atoms with Crippen LogP contribution in [0.2, 0.25) is 0 Å². The Morgan fingerprint density at radius 1 is 1.07 bits per heavy atom. The molecule has 0 aliphatic carbocycles. The van der Waals surface area contributed by atoms with E-state index in [-0.39, 0.29) is 36.0 Å². The molecule has 41 heavy (non-hydrogen) atoms. The Balaban J connectivity index is 1.30. The van der Waals surface area contributed by atoms with Gasteiger partial charge >= 0.3 is 0 Å². The van der Waals surface area contributed by atoms with Gasteiger partial charge in [-0.2, -0.15) is 4.31 Å². The molecule has 3 aromatic rings. The molecule has 6 rings (SSSR count). The zero-order valence-corrected chi connectivity index (χ0v) is 23.4. The summed E-state index contributed by atoms with van der Waals surface area (Å²) in [7, 11) is -4.15. The number of fused-ring (bicyclic) bond motifs is 2. The number of likely N-dealkylation sites (tertiary alicyclic amines) is 1. The van der Waals surface area contributed by atoms with E-state index in [0.717, 1.165) is 15.4 Å². The molecule has 0 bridgehead atoms. The van der Waals surface area contributed by atoms with Gasteiger partial charge in [-0.15, -0.1) is 0 Å². The number of aromatic nitrogens is 1. The molecule has 3 aliphatic rings. The number of nitrogens with zero attached hydrogens (tertiary/aromatic N) is 3. The number of aliphatic hydroxyl groups excluding tert-OH is 1. The molecule has 0 radical (unpaired) electrons. The van der Waals surface area contributed by atoms with Gasteiger partial charge in [-0.3, -0.25) is 14.7 Å². The number of pyridine rings is 1. The van der Waals surface area contributed by atoms with Crippen LogP contribution in [0.25, 0.3) is 11.1 Å². The number of sulfonamides is 1. The summed E-state index contributed by atoms with van der Waals surface area (Å²) < 4.78 is 49.3. The summed E-state index contributed by atoms with van der Waals surface area (Å²) in [6, 6.07) is 15.3. The molecule has 2 aromatic carbocycles. The summed E-state index contributed by atoms with van der Waals surface area (Å²) in [5.41, 5.74) is 1.67. The molecule has 11 heteroatoms. The predicted molar refractivity (Wildman–Crippen MR) is 150 cm³/mol. The van der Waals surface area contributed by atoms with Gasteiger partial charge in [0, 0.05) is 56.3 Å². The number of hydrogen-bond donors (Lipinski definition) is 2. The molecule has 2 atom stereocenters. The van der Waals surface area contributed by atoms with E-state index in [0.29, 0.717) is 44.5 Å². The first kappa shape index (κ1) is 27.8. The third-order valence-electron chi connectivity index (χ3n) is 8.46. The molecule has 2 fully saturated rings. The maximum Gasteiger partial charge on any atom is 0.247 e. The summed E-state index contributed by atoms with van der Waals surface area (Å²) in [5.74, 6) is -0.538. The number of carbonyl (C=O) groups is 1. The van der Waals surface area contributed by atoms with Gasteiger partial charge in [0.1, 0.15) is 22.5 Å². The quantitative estimate of drug-likeness (QED) is 0.490. The van der Waals surface area contributed by atoms with Gasteiger partial charge in [-0.1, -0.05) is 36.4 Å². The van der Waals surface area contributed by atoms with Crippen molar-refractivity contribution in [1.29, 1.82) is 0 Å². The molecule has 0 unspecified atom stereocenters. The van der Waals surface area contributed by atoms with E-state index in [1.54, 1.807) is 24.4 Å².